The minimum atomic E-state index is -0.510. The zero-order valence-corrected chi connectivity index (χ0v) is 28.5. The fraction of sp³-hybridized carbons (Fsp3) is 0.600. The molecule has 1 spiro atoms. The molecule has 258 valence electrons. The van der Waals surface area contributed by atoms with E-state index < -0.39 is 5.82 Å². The summed E-state index contributed by atoms with van der Waals surface area (Å²) in [6.07, 6.45) is 12.4. The van der Waals surface area contributed by atoms with Crippen LogP contribution in [0, 0.1) is 17.2 Å². The molecule has 2 aromatic heterocycles. The normalized spacial score (nSPS) is 20.1. The molecule has 2 amide bonds. The molecule has 13 heteroatoms. The molecule has 12 nitrogen and oxygen atoms in total. The summed E-state index contributed by atoms with van der Waals surface area (Å²) in [4.78, 5) is 37.0. The minimum absolute atomic E-state index is 0.0449. The Kier molecular flexibility index (Phi) is 10.2. The Balaban J connectivity index is 1.03. The third kappa shape index (κ3) is 7.61. The topological polar surface area (TPSA) is 132 Å². The second-order valence-corrected chi connectivity index (χ2v) is 14.4. The summed E-state index contributed by atoms with van der Waals surface area (Å²) >= 11 is 0. The molecule has 0 radical (unpaired) electrons. The molecule has 3 aliphatic rings. The zero-order valence-electron chi connectivity index (χ0n) is 28.5. The molecule has 1 saturated carbocycles. The molecular formula is C35H48FN9O3. The standard InChI is InChI=1S/C35H48FN9O3/c1-23(2)45(24(3)4)34(47)29-17-27(36)5-6-30(29)48-33-31(37-22-40-42-33)44-14-9-25(21-44)20-43-15-12-35(13-16-43)10-7-28(8-11-35)41-32(46)26-18-38-39-19-26/h5-6,17-19,22-25,28H,7-16,20-21H2,1-4H3,(H,38,39)(H,41,46)/t25-/m0/s1. The number of rotatable bonds is 10. The van der Waals surface area contributed by atoms with Gasteiger partial charge in [-0.05, 0) is 115 Å². The summed E-state index contributed by atoms with van der Waals surface area (Å²) in [5.41, 5.74) is 1.11. The molecule has 0 bridgehead atoms. The largest absolute Gasteiger partial charge is 0.434 e. The predicted molar refractivity (Wildman–Crippen MR) is 179 cm³/mol. The number of hydrogen-bond donors (Lipinski definition) is 2. The monoisotopic (exact) mass is 661 g/mol. The fourth-order valence-corrected chi connectivity index (χ4v) is 7.88. The van der Waals surface area contributed by atoms with Crippen LogP contribution in [-0.2, 0) is 0 Å². The first-order valence-corrected chi connectivity index (χ1v) is 17.4. The SMILES string of the molecule is CC(C)N(C(=O)c1cc(F)ccc1Oc1nncnc1N1CC[C@@H](CN2CCC3(CCC(NC(=O)c4cn[nH]c4)CC3)CC2)C1)C(C)C. The van der Waals surface area contributed by atoms with Gasteiger partial charge in [-0.25, -0.2) is 9.37 Å². The summed E-state index contributed by atoms with van der Waals surface area (Å²) in [5.74, 6) is 0.626. The number of nitrogens with one attached hydrogen (secondary N) is 2. The third-order valence-electron chi connectivity index (χ3n) is 10.5. The van der Waals surface area contributed by atoms with E-state index in [-0.39, 0.29) is 47.1 Å². The Bertz CT molecular complexity index is 1540. The molecule has 6 rings (SSSR count). The number of amides is 2. The van der Waals surface area contributed by atoms with Gasteiger partial charge in [-0.3, -0.25) is 14.7 Å². The highest BCUT2D eigenvalue weighted by Crippen LogP contribution is 2.45. The van der Waals surface area contributed by atoms with Crippen LogP contribution in [0.15, 0.2) is 36.9 Å². The van der Waals surface area contributed by atoms with Crippen molar-refractivity contribution in [3.8, 4) is 11.6 Å². The van der Waals surface area contributed by atoms with Crippen molar-refractivity contribution < 1.29 is 18.7 Å². The number of aromatic nitrogens is 5. The predicted octanol–water partition coefficient (Wildman–Crippen LogP) is 5.07. The van der Waals surface area contributed by atoms with Crippen molar-refractivity contribution in [1.82, 2.24) is 40.5 Å². The second kappa shape index (κ2) is 14.6. The number of nitrogens with zero attached hydrogens (tertiary/aromatic N) is 7. The van der Waals surface area contributed by atoms with Crippen molar-refractivity contribution >= 4 is 17.6 Å². The van der Waals surface area contributed by atoms with Gasteiger partial charge in [0.25, 0.3) is 17.7 Å². The number of carbonyl (C=O) groups excluding carboxylic acids is 2. The van der Waals surface area contributed by atoms with Crippen LogP contribution in [0.2, 0.25) is 0 Å². The smallest absolute Gasteiger partial charge is 0.282 e. The highest BCUT2D eigenvalue weighted by molar-refractivity contribution is 5.97. The molecule has 2 saturated heterocycles. The number of anilines is 1. The van der Waals surface area contributed by atoms with Gasteiger partial charge in [-0.1, -0.05) is 0 Å². The molecule has 0 unspecified atom stereocenters. The van der Waals surface area contributed by atoms with Crippen molar-refractivity contribution in [2.75, 3.05) is 37.6 Å². The van der Waals surface area contributed by atoms with Crippen LogP contribution in [0.25, 0.3) is 0 Å². The third-order valence-corrected chi connectivity index (χ3v) is 10.5. The van der Waals surface area contributed by atoms with Crippen LogP contribution < -0.4 is 15.0 Å². The molecule has 2 aliphatic heterocycles. The van der Waals surface area contributed by atoms with Gasteiger partial charge >= 0.3 is 0 Å². The lowest BCUT2D eigenvalue weighted by Gasteiger charge is -2.46. The van der Waals surface area contributed by atoms with Gasteiger partial charge in [0.15, 0.2) is 5.82 Å². The number of ether oxygens (including phenoxy) is 1. The van der Waals surface area contributed by atoms with E-state index in [9.17, 15) is 14.0 Å². The maximum atomic E-state index is 14.4. The van der Waals surface area contributed by atoms with Crippen LogP contribution in [0.4, 0.5) is 10.2 Å². The maximum absolute atomic E-state index is 14.4. The van der Waals surface area contributed by atoms with Crippen LogP contribution in [0.3, 0.4) is 0 Å². The van der Waals surface area contributed by atoms with E-state index >= 15 is 0 Å². The van der Waals surface area contributed by atoms with Gasteiger partial charge in [0, 0.05) is 44.0 Å². The van der Waals surface area contributed by atoms with E-state index in [2.05, 4.69) is 40.5 Å². The summed E-state index contributed by atoms with van der Waals surface area (Å²) in [5, 5.41) is 18.0. The first kappa shape index (κ1) is 33.8. The number of piperidine rings is 1. The number of aromatic amines is 1. The fourth-order valence-electron chi connectivity index (χ4n) is 7.88. The van der Waals surface area contributed by atoms with Crippen molar-refractivity contribution in [3.05, 3.63) is 53.9 Å². The average Bonchev–Trinajstić information content (AvgIpc) is 3.78. The Hall–Kier alpha value is -4.13. The molecule has 1 aliphatic carbocycles. The lowest BCUT2D eigenvalue weighted by molar-refractivity contribution is 0.0511. The number of carbonyl (C=O) groups is 2. The molecule has 1 aromatic carbocycles. The Morgan fingerprint density at radius 2 is 1.83 bits per heavy atom. The Morgan fingerprint density at radius 1 is 1.08 bits per heavy atom. The van der Waals surface area contributed by atoms with Gasteiger partial charge in [-0.15, -0.1) is 10.2 Å². The first-order valence-electron chi connectivity index (χ1n) is 17.4. The first-order chi connectivity index (χ1) is 23.1. The van der Waals surface area contributed by atoms with Crippen molar-refractivity contribution in [3.63, 3.8) is 0 Å². The van der Waals surface area contributed by atoms with Crippen LogP contribution >= 0.6 is 0 Å². The van der Waals surface area contributed by atoms with Crippen LogP contribution in [0.5, 0.6) is 11.6 Å². The summed E-state index contributed by atoms with van der Waals surface area (Å²) < 4.78 is 20.6. The molecular weight excluding hydrogens is 613 g/mol. The van der Waals surface area contributed by atoms with Crippen molar-refractivity contribution in [1.29, 1.82) is 0 Å². The molecule has 48 heavy (non-hydrogen) atoms. The van der Waals surface area contributed by atoms with E-state index in [4.69, 9.17) is 4.74 Å². The minimum Gasteiger partial charge on any atom is -0.434 e. The van der Waals surface area contributed by atoms with E-state index in [1.807, 2.05) is 27.7 Å². The van der Waals surface area contributed by atoms with Gasteiger partial charge in [-0.2, -0.15) is 5.10 Å². The Labute approximate surface area is 281 Å². The van der Waals surface area contributed by atoms with Gasteiger partial charge < -0.3 is 24.8 Å². The van der Waals surface area contributed by atoms with Gasteiger partial charge in [0.2, 0.25) is 0 Å². The van der Waals surface area contributed by atoms with Crippen LogP contribution in [-0.4, -0.2) is 97.8 Å². The molecule has 2 N–H and O–H groups in total. The molecule has 3 aromatic rings. The summed E-state index contributed by atoms with van der Waals surface area (Å²) in [6.45, 7) is 12.6. The van der Waals surface area contributed by atoms with Gasteiger partial charge in [0.05, 0.1) is 17.3 Å². The number of halogens is 1. The van der Waals surface area contributed by atoms with Gasteiger partial charge in [0.1, 0.15) is 17.9 Å². The number of benzene rings is 1. The summed E-state index contributed by atoms with van der Waals surface area (Å²) in [6, 6.07) is 4.07. The highest BCUT2D eigenvalue weighted by Gasteiger charge is 2.39. The lowest BCUT2D eigenvalue weighted by Crippen LogP contribution is -2.46. The van der Waals surface area contributed by atoms with E-state index in [1.165, 1.54) is 37.4 Å². The second-order valence-electron chi connectivity index (χ2n) is 14.4. The molecule has 4 heterocycles. The number of hydrogen-bond acceptors (Lipinski definition) is 9. The van der Waals surface area contributed by atoms with Crippen molar-refractivity contribution in [2.24, 2.45) is 11.3 Å². The quantitative estimate of drug-likeness (QED) is 0.306. The number of H-pyrrole nitrogens is 1. The molecule has 1 atom stereocenters. The zero-order chi connectivity index (χ0) is 33.8. The highest BCUT2D eigenvalue weighted by atomic mass is 19.1. The van der Waals surface area contributed by atoms with Crippen molar-refractivity contribution in [2.45, 2.75) is 90.8 Å². The van der Waals surface area contributed by atoms with E-state index in [0.717, 1.165) is 64.8 Å². The maximum Gasteiger partial charge on any atom is 0.282 e. The van der Waals surface area contributed by atoms with Crippen LogP contribution in [0.1, 0.15) is 93.4 Å². The van der Waals surface area contributed by atoms with E-state index in [0.29, 0.717) is 22.7 Å². The average molecular weight is 662 g/mol. The number of likely N-dealkylation sites (tertiary alicyclic amines) is 1. The lowest BCUT2D eigenvalue weighted by atomic mass is 9.67. The molecule has 3 fully saturated rings. The van der Waals surface area contributed by atoms with E-state index in [1.54, 1.807) is 17.3 Å². The Morgan fingerprint density at radius 3 is 2.52 bits per heavy atom. The summed E-state index contributed by atoms with van der Waals surface area (Å²) in [7, 11) is 0.